The molecule has 0 aliphatic rings. The van der Waals surface area contributed by atoms with E-state index in [4.69, 9.17) is 16.3 Å². The van der Waals surface area contributed by atoms with Crippen molar-refractivity contribution < 1.29 is 9.13 Å². The number of nitrogens with zero attached hydrogens (tertiary/aromatic N) is 1. The molecule has 0 bridgehead atoms. The molecule has 0 atom stereocenters. The number of rotatable bonds is 9. The zero-order valence-corrected chi connectivity index (χ0v) is 18.2. The SMILES string of the molecule is CN(C)CCOc1ccc(C(=C(CCCl)c2ccccc2)c2ccc(F)cc2)cc1. The lowest BCUT2D eigenvalue weighted by Crippen LogP contribution is -2.19. The fraction of sp³-hybridized carbons (Fsp3) is 0.231. The molecule has 3 aromatic carbocycles. The Morgan fingerprint density at radius 3 is 2.00 bits per heavy atom. The van der Waals surface area contributed by atoms with E-state index in [0.29, 0.717) is 18.9 Å². The summed E-state index contributed by atoms with van der Waals surface area (Å²) in [6, 6.07) is 24.9. The molecule has 30 heavy (non-hydrogen) atoms. The van der Waals surface area contributed by atoms with Crippen LogP contribution in [0.5, 0.6) is 5.75 Å². The molecule has 0 saturated carbocycles. The number of likely N-dealkylation sites (N-methyl/N-ethyl adjacent to an activating group) is 1. The van der Waals surface area contributed by atoms with Gasteiger partial charge in [-0.25, -0.2) is 4.39 Å². The van der Waals surface area contributed by atoms with E-state index in [-0.39, 0.29) is 5.82 Å². The zero-order chi connectivity index (χ0) is 21.3. The van der Waals surface area contributed by atoms with Crippen LogP contribution in [-0.2, 0) is 0 Å². The van der Waals surface area contributed by atoms with Crippen LogP contribution in [0.1, 0.15) is 23.1 Å². The molecule has 0 fully saturated rings. The molecule has 0 N–H and O–H groups in total. The molecule has 0 aliphatic heterocycles. The molecular weight excluding hydrogens is 397 g/mol. The van der Waals surface area contributed by atoms with Crippen LogP contribution in [0.2, 0.25) is 0 Å². The minimum absolute atomic E-state index is 0.249. The van der Waals surface area contributed by atoms with Gasteiger partial charge in [-0.2, -0.15) is 0 Å². The van der Waals surface area contributed by atoms with E-state index < -0.39 is 0 Å². The first-order chi connectivity index (χ1) is 14.6. The second-order valence-corrected chi connectivity index (χ2v) is 7.72. The summed E-state index contributed by atoms with van der Waals surface area (Å²) < 4.78 is 19.4. The van der Waals surface area contributed by atoms with Crippen molar-refractivity contribution >= 4 is 22.7 Å². The van der Waals surface area contributed by atoms with Crippen molar-refractivity contribution in [1.29, 1.82) is 0 Å². The van der Waals surface area contributed by atoms with Crippen molar-refractivity contribution in [2.45, 2.75) is 6.42 Å². The smallest absolute Gasteiger partial charge is 0.123 e. The fourth-order valence-corrected chi connectivity index (χ4v) is 3.53. The second kappa shape index (κ2) is 11.0. The summed E-state index contributed by atoms with van der Waals surface area (Å²) in [7, 11) is 4.04. The van der Waals surface area contributed by atoms with Crippen molar-refractivity contribution in [2.24, 2.45) is 0 Å². The summed E-state index contributed by atoms with van der Waals surface area (Å²) in [6.07, 6.45) is 0.708. The number of benzene rings is 3. The molecule has 3 rings (SSSR count). The standard InChI is InChI=1S/C26H27ClFNO/c1-29(2)18-19-30-24-14-10-22(11-15-24)26(21-8-12-23(28)13-9-21)25(16-17-27)20-6-4-3-5-7-20/h3-15H,16-19H2,1-2H3. The van der Waals surface area contributed by atoms with Gasteiger partial charge in [-0.15, -0.1) is 11.6 Å². The third-order valence-electron chi connectivity index (χ3n) is 4.85. The number of halogens is 2. The largest absolute Gasteiger partial charge is 0.492 e. The van der Waals surface area contributed by atoms with Gasteiger partial charge in [0.2, 0.25) is 0 Å². The van der Waals surface area contributed by atoms with Gasteiger partial charge in [0.1, 0.15) is 18.2 Å². The summed E-state index contributed by atoms with van der Waals surface area (Å²) in [4.78, 5) is 2.09. The Bertz CT molecular complexity index is 951. The second-order valence-electron chi connectivity index (χ2n) is 7.34. The maximum absolute atomic E-state index is 13.6. The van der Waals surface area contributed by atoms with Gasteiger partial charge < -0.3 is 9.64 Å². The molecule has 0 radical (unpaired) electrons. The highest BCUT2D eigenvalue weighted by Crippen LogP contribution is 2.35. The lowest BCUT2D eigenvalue weighted by Gasteiger charge is -2.17. The van der Waals surface area contributed by atoms with Gasteiger partial charge in [-0.3, -0.25) is 0 Å². The Labute approximate surface area is 183 Å². The first-order valence-electron chi connectivity index (χ1n) is 10.1. The lowest BCUT2D eigenvalue weighted by atomic mass is 9.88. The average molecular weight is 424 g/mol. The minimum Gasteiger partial charge on any atom is -0.492 e. The van der Waals surface area contributed by atoms with E-state index in [1.165, 1.54) is 12.1 Å². The van der Waals surface area contributed by atoms with Gasteiger partial charge in [0, 0.05) is 12.4 Å². The van der Waals surface area contributed by atoms with Crippen molar-refractivity contribution in [1.82, 2.24) is 4.90 Å². The molecule has 0 heterocycles. The van der Waals surface area contributed by atoms with Crippen LogP contribution in [0, 0.1) is 5.82 Å². The van der Waals surface area contributed by atoms with Crippen molar-refractivity contribution in [3.8, 4) is 5.75 Å². The third kappa shape index (κ3) is 5.94. The first-order valence-corrected chi connectivity index (χ1v) is 10.6. The Morgan fingerprint density at radius 2 is 1.43 bits per heavy atom. The van der Waals surface area contributed by atoms with Crippen molar-refractivity contribution in [2.75, 3.05) is 33.1 Å². The highest BCUT2D eigenvalue weighted by atomic mass is 35.5. The Hall–Kier alpha value is -2.62. The van der Waals surface area contributed by atoms with E-state index in [1.807, 2.05) is 56.6 Å². The lowest BCUT2D eigenvalue weighted by molar-refractivity contribution is 0.261. The first kappa shape index (κ1) is 22.1. The number of hydrogen-bond acceptors (Lipinski definition) is 2. The molecule has 0 aromatic heterocycles. The van der Waals surface area contributed by atoms with Crippen LogP contribution in [0.15, 0.2) is 78.9 Å². The van der Waals surface area contributed by atoms with Crippen LogP contribution >= 0.6 is 11.6 Å². The molecule has 0 aliphatic carbocycles. The van der Waals surface area contributed by atoms with Crippen LogP contribution < -0.4 is 4.74 Å². The molecule has 2 nitrogen and oxygen atoms in total. The summed E-state index contributed by atoms with van der Waals surface area (Å²) in [6.45, 7) is 1.49. The molecule has 0 spiro atoms. The predicted molar refractivity (Wildman–Crippen MR) is 125 cm³/mol. The van der Waals surface area contributed by atoms with Gasteiger partial charge in [-0.05, 0) is 72.6 Å². The van der Waals surface area contributed by atoms with E-state index in [9.17, 15) is 4.39 Å². The normalized spacial score (nSPS) is 12.0. The van der Waals surface area contributed by atoms with Crippen LogP contribution in [-0.4, -0.2) is 38.0 Å². The number of ether oxygens (including phenoxy) is 1. The highest BCUT2D eigenvalue weighted by Gasteiger charge is 2.14. The van der Waals surface area contributed by atoms with E-state index in [0.717, 1.165) is 40.1 Å². The number of hydrogen-bond donors (Lipinski definition) is 0. The Morgan fingerprint density at radius 1 is 0.833 bits per heavy atom. The van der Waals surface area contributed by atoms with Gasteiger partial charge in [0.05, 0.1) is 0 Å². The number of allylic oxidation sites excluding steroid dienone is 1. The number of alkyl halides is 1. The maximum atomic E-state index is 13.6. The molecule has 156 valence electrons. The van der Waals surface area contributed by atoms with Crippen LogP contribution in [0.3, 0.4) is 0 Å². The average Bonchev–Trinajstić information content (AvgIpc) is 2.76. The summed E-state index contributed by atoms with van der Waals surface area (Å²) >= 11 is 6.18. The molecule has 0 saturated heterocycles. The molecule has 4 heteroatoms. The summed E-state index contributed by atoms with van der Waals surface area (Å²) in [5.74, 6) is 1.08. The predicted octanol–water partition coefficient (Wildman–Crippen LogP) is 6.35. The minimum atomic E-state index is -0.249. The van der Waals surface area contributed by atoms with Gasteiger partial charge >= 0.3 is 0 Å². The molecule has 0 amide bonds. The van der Waals surface area contributed by atoms with Gasteiger partial charge in [-0.1, -0.05) is 54.6 Å². The van der Waals surface area contributed by atoms with E-state index in [1.54, 1.807) is 0 Å². The van der Waals surface area contributed by atoms with Gasteiger partial charge in [0.25, 0.3) is 0 Å². The van der Waals surface area contributed by atoms with E-state index in [2.05, 4.69) is 29.2 Å². The third-order valence-corrected chi connectivity index (χ3v) is 5.04. The summed E-state index contributed by atoms with van der Waals surface area (Å²) in [5.41, 5.74) is 5.32. The summed E-state index contributed by atoms with van der Waals surface area (Å²) in [5, 5.41) is 0. The van der Waals surface area contributed by atoms with Crippen LogP contribution in [0.25, 0.3) is 11.1 Å². The van der Waals surface area contributed by atoms with Crippen molar-refractivity contribution in [3.63, 3.8) is 0 Å². The monoisotopic (exact) mass is 423 g/mol. The molecule has 0 unspecified atom stereocenters. The Kier molecular flexibility index (Phi) is 8.06. The maximum Gasteiger partial charge on any atom is 0.123 e. The highest BCUT2D eigenvalue weighted by molar-refractivity contribution is 6.18. The quantitative estimate of drug-likeness (QED) is 0.293. The van der Waals surface area contributed by atoms with Crippen LogP contribution in [0.4, 0.5) is 4.39 Å². The van der Waals surface area contributed by atoms with Gasteiger partial charge in [0.15, 0.2) is 0 Å². The van der Waals surface area contributed by atoms with Crippen molar-refractivity contribution in [3.05, 3.63) is 101 Å². The Balaban J connectivity index is 2.04. The fourth-order valence-electron chi connectivity index (χ4n) is 3.34. The molecular formula is C26H27ClFNO. The van der Waals surface area contributed by atoms with E-state index >= 15 is 0 Å². The molecule has 3 aromatic rings. The topological polar surface area (TPSA) is 12.5 Å². The zero-order valence-electron chi connectivity index (χ0n) is 17.4.